The van der Waals surface area contributed by atoms with Gasteiger partial charge in [0, 0.05) is 66.7 Å². The zero-order valence-corrected chi connectivity index (χ0v) is 22.6. The van der Waals surface area contributed by atoms with E-state index in [1.54, 1.807) is 6.07 Å². The summed E-state index contributed by atoms with van der Waals surface area (Å²) in [7, 11) is 0. The predicted octanol–water partition coefficient (Wildman–Crippen LogP) is 3.77. The standard InChI is InChI=1S/C31H35N5O3/c1-21-4-3-5-23(16-21)30(37)34-26-7-6-22(2)27(18-26)28-17-24-20-33-25(8-9-32)19-29(24)36(31(28)38)11-10-35-12-14-39-15-13-35/h3-7,16-20H,8-15,32H2,1-2H3,(H,34,37). The molecule has 1 aliphatic heterocycles. The minimum atomic E-state index is -0.188. The average molecular weight is 526 g/mol. The zero-order valence-electron chi connectivity index (χ0n) is 22.6. The minimum Gasteiger partial charge on any atom is -0.379 e. The van der Waals surface area contributed by atoms with Crippen LogP contribution >= 0.6 is 0 Å². The number of aryl methyl sites for hydroxylation is 2. The molecule has 202 valence electrons. The summed E-state index contributed by atoms with van der Waals surface area (Å²) in [6.45, 7) is 8.86. The lowest BCUT2D eigenvalue weighted by molar-refractivity contribution is 0.0364. The fourth-order valence-corrected chi connectivity index (χ4v) is 5.06. The van der Waals surface area contributed by atoms with E-state index in [1.807, 2.05) is 73.1 Å². The second-order valence-corrected chi connectivity index (χ2v) is 10.1. The molecule has 8 nitrogen and oxygen atoms in total. The number of pyridine rings is 2. The number of hydrogen-bond acceptors (Lipinski definition) is 6. The lowest BCUT2D eigenvalue weighted by atomic mass is 9.99. The van der Waals surface area contributed by atoms with Crippen LogP contribution in [-0.2, 0) is 17.7 Å². The molecule has 1 fully saturated rings. The summed E-state index contributed by atoms with van der Waals surface area (Å²) < 4.78 is 7.35. The topological polar surface area (TPSA) is 102 Å². The summed E-state index contributed by atoms with van der Waals surface area (Å²) in [5, 5.41) is 3.88. The fraction of sp³-hybridized carbons (Fsp3) is 0.323. The SMILES string of the molecule is Cc1cccc(C(=O)Nc2ccc(C)c(-c3cc4cnc(CCN)cc4n(CCN4CCOCC4)c3=O)c2)c1. The van der Waals surface area contributed by atoms with Gasteiger partial charge in [0.2, 0.25) is 0 Å². The predicted molar refractivity (Wildman–Crippen MR) is 155 cm³/mol. The van der Waals surface area contributed by atoms with Gasteiger partial charge < -0.3 is 20.4 Å². The van der Waals surface area contributed by atoms with Crippen LogP contribution in [0.4, 0.5) is 5.69 Å². The van der Waals surface area contributed by atoms with Gasteiger partial charge in [-0.2, -0.15) is 0 Å². The third-order valence-corrected chi connectivity index (χ3v) is 7.24. The number of nitrogens with one attached hydrogen (secondary N) is 1. The summed E-state index contributed by atoms with van der Waals surface area (Å²) in [5.41, 5.74) is 12.0. The quantitative estimate of drug-likeness (QED) is 0.363. The molecule has 3 heterocycles. The van der Waals surface area contributed by atoms with Crippen LogP contribution in [0.15, 0.2) is 65.6 Å². The monoisotopic (exact) mass is 525 g/mol. The molecule has 1 aliphatic rings. The zero-order chi connectivity index (χ0) is 27.4. The van der Waals surface area contributed by atoms with E-state index in [0.717, 1.165) is 52.9 Å². The van der Waals surface area contributed by atoms with Crippen molar-refractivity contribution in [3.05, 3.63) is 93.5 Å². The Morgan fingerprint density at radius 3 is 2.62 bits per heavy atom. The van der Waals surface area contributed by atoms with Gasteiger partial charge in [0.1, 0.15) is 0 Å². The van der Waals surface area contributed by atoms with Gasteiger partial charge in [-0.05, 0) is 67.9 Å². The van der Waals surface area contributed by atoms with E-state index in [1.165, 1.54) is 0 Å². The first-order valence-corrected chi connectivity index (χ1v) is 13.4. The van der Waals surface area contributed by atoms with E-state index in [9.17, 15) is 9.59 Å². The Kier molecular flexibility index (Phi) is 8.16. The number of hydrogen-bond donors (Lipinski definition) is 2. The fourth-order valence-electron chi connectivity index (χ4n) is 5.06. The highest BCUT2D eigenvalue weighted by molar-refractivity contribution is 6.04. The van der Waals surface area contributed by atoms with Crippen molar-refractivity contribution >= 4 is 22.5 Å². The van der Waals surface area contributed by atoms with Gasteiger partial charge in [0.25, 0.3) is 11.5 Å². The smallest absolute Gasteiger partial charge is 0.258 e. The van der Waals surface area contributed by atoms with E-state index >= 15 is 0 Å². The summed E-state index contributed by atoms with van der Waals surface area (Å²) in [5.74, 6) is -0.188. The van der Waals surface area contributed by atoms with Crippen LogP contribution in [0.2, 0.25) is 0 Å². The van der Waals surface area contributed by atoms with Crippen molar-refractivity contribution in [3.63, 3.8) is 0 Å². The highest BCUT2D eigenvalue weighted by Crippen LogP contribution is 2.27. The maximum absolute atomic E-state index is 14.1. The van der Waals surface area contributed by atoms with Gasteiger partial charge in [0.15, 0.2) is 0 Å². The Labute approximate surface area is 228 Å². The number of fused-ring (bicyclic) bond motifs is 1. The summed E-state index contributed by atoms with van der Waals surface area (Å²) in [6.07, 6.45) is 2.48. The molecule has 0 bridgehead atoms. The Morgan fingerprint density at radius 2 is 1.85 bits per heavy atom. The number of anilines is 1. The Bertz CT molecular complexity index is 1560. The minimum absolute atomic E-state index is 0.0640. The second kappa shape index (κ2) is 11.9. The van der Waals surface area contributed by atoms with Gasteiger partial charge in [-0.15, -0.1) is 0 Å². The lowest BCUT2D eigenvalue weighted by Crippen LogP contribution is -2.39. The number of aromatic nitrogens is 2. The summed E-state index contributed by atoms with van der Waals surface area (Å²) >= 11 is 0. The van der Waals surface area contributed by atoms with Gasteiger partial charge in [0.05, 0.1) is 18.7 Å². The first kappa shape index (κ1) is 26.7. The molecule has 39 heavy (non-hydrogen) atoms. The number of carbonyl (C=O) groups is 1. The maximum Gasteiger partial charge on any atom is 0.258 e. The van der Waals surface area contributed by atoms with Crippen molar-refractivity contribution in [2.24, 2.45) is 5.73 Å². The summed E-state index contributed by atoms with van der Waals surface area (Å²) in [6, 6.07) is 17.1. The third-order valence-electron chi connectivity index (χ3n) is 7.24. The number of rotatable bonds is 8. The molecule has 2 aromatic heterocycles. The van der Waals surface area contributed by atoms with Crippen molar-refractivity contribution < 1.29 is 9.53 Å². The molecule has 0 saturated carbocycles. The molecule has 0 aliphatic carbocycles. The van der Waals surface area contributed by atoms with Crippen molar-refractivity contribution in [1.29, 1.82) is 0 Å². The molecule has 4 aromatic rings. The second-order valence-electron chi connectivity index (χ2n) is 10.1. The van der Waals surface area contributed by atoms with Crippen LogP contribution in [0, 0.1) is 13.8 Å². The van der Waals surface area contributed by atoms with Gasteiger partial charge >= 0.3 is 0 Å². The number of nitrogens with zero attached hydrogens (tertiary/aromatic N) is 3. The molecule has 5 rings (SSSR count). The molecule has 8 heteroatoms. The number of amides is 1. The molecule has 3 N–H and O–H groups in total. The van der Waals surface area contributed by atoms with Gasteiger partial charge in [-0.25, -0.2) is 0 Å². The van der Waals surface area contributed by atoms with Gasteiger partial charge in [-0.1, -0.05) is 23.8 Å². The van der Waals surface area contributed by atoms with Crippen LogP contribution in [0.3, 0.4) is 0 Å². The highest BCUT2D eigenvalue weighted by Gasteiger charge is 2.17. The van der Waals surface area contributed by atoms with Gasteiger partial charge in [-0.3, -0.25) is 19.5 Å². The van der Waals surface area contributed by atoms with Crippen LogP contribution < -0.4 is 16.6 Å². The van der Waals surface area contributed by atoms with Crippen molar-refractivity contribution in [2.45, 2.75) is 26.8 Å². The molecule has 1 saturated heterocycles. The van der Waals surface area contributed by atoms with E-state index in [4.69, 9.17) is 10.5 Å². The molecular formula is C31H35N5O3. The molecule has 0 spiro atoms. The average Bonchev–Trinajstić information content (AvgIpc) is 2.94. The normalized spacial score (nSPS) is 14.0. The maximum atomic E-state index is 14.1. The molecule has 2 aromatic carbocycles. The van der Waals surface area contributed by atoms with E-state index in [2.05, 4.69) is 15.2 Å². The highest BCUT2D eigenvalue weighted by atomic mass is 16.5. The lowest BCUT2D eigenvalue weighted by Gasteiger charge is -2.27. The van der Waals surface area contributed by atoms with E-state index < -0.39 is 0 Å². The van der Waals surface area contributed by atoms with Crippen LogP contribution in [0.5, 0.6) is 0 Å². The van der Waals surface area contributed by atoms with Crippen LogP contribution in [0.25, 0.3) is 22.0 Å². The number of nitrogens with two attached hydrogens (primary N) is 1. The molecule has 0 unspecified atom stereocenters. The number of benzene rings is 2. The first-order valence-electron chi connectivity index (χ1n) is 13.4. The molecule has 1 amide bonds. The molecule has 0 radical (unpaired) electrons. The Balaban J connectivity index is 1.54. The van der Waals surface area contributed by atoms with Crippen molar-refractivity contribution in [2.75, 3.05) is 44.7 Å². The summed E-state index contributed by atoms with van der Waals surface area (Å²) in [4.78, 5) is 33.9. The largest absolute Gasteiger partial charge is 0.379 e. The van der Waals surface area contributed by atoms with Crippen LogP contribution in [-0.4, -0.2) is 59.8 Å². The Hall–Kier alpha value is -3.85. The number of ether oxygens (including phenoxy) is 1. The van der Waals surface area contributed by atoms with Crippen LogP contribution in [0.1, 0.15) is 27.2 Å². The first-order chi connectivity index (χ1) is 18.9. The van der Waals surface area contributed by atoms with E-state index in [0.29, 0.717) is 49.5 Å². The van der Waals surface area contributed by atoms with Crippen molar-refractivity contribution in [1.82, 2.24) is 14.5 Å². The molecular weight excluding hydrogens is 490 g/mol. The van der Waals surface area contributed by atoms with Crippen molar-refractivity contribution in [3.8, 4) is 11.1 Å². The molecule has 0 atom stereocenters. The Morgan fingerprint density at radius 1 is 1.03 bits per heavy atom. The number of morpholine rings is 1. The third kappa shape index (κ3) is 6.09. The number of carbonyl (C=O) groups excluding carboxylic acids is 1. The van der Waals surface area contributed by atoms with E-state index in [-0.39, 0.29) is 11.5 Å².